The fourth-order valence-corrected chi connectivity index (χ4v) is 17.7. The highest BCUT2D eigenvalue weighted by molar-refractivity contribution is 9.11. The van der Waals surface area contributed by atoms with Crippen molar-refractivity contribution in [2.45, 2.75) is 83.2 Å². The standard InChI is InChI=1S/C23H23BrClN3O4.C23H22BrN3O4.C16H16BrClN2O3.C14H12BrClN2O3.C11H10BrClO3/c1-30-17-5-3-14(21(10-17)31-2)11-26-23(29)19-12-27-28(16-7-8-32-13-16)22(19)18-6-4-15(24)9-20(18)25;1-29-17-5-3-14(21(10-17)30-2)12-26-20-9-15(24)4-6-18(20)22-19(23(26)28)11-25-27(22)16-7-8-31-13-16;1-2-23-16(21)13-8-19-20(11-5-6-22-9-11)15(13)12-4-3-10(17)7-14(12)18;15-8-1-2-10(12(16)5-8)13-11(14(19)20)6-17-18(13)9-3-4-21-7-9;1-2-16-11(15)6-10(14)8-4-3-7(12)5-9(8)13/h3-6,9-10,12,16H,7-8,11,13H2,1-2H3,(H,26,29);3-6,9-11,16H,7-8,12-13H2,1-2H3;3-4,7-8,11H,2,5-6,9H2,1H3;1-2,5-6,9H,3-4,7H2,(H,19,20);3-5H,2,6H2,1H3. The number of aromatic carboxylic acids is 1. The molecule has 12 aromatic rings. The number of amides is 1. The first-order valence-corrected chi connectivity index (χ1v) is 44.2. The van der Waals surface area contributed by atoms with Crippen LogP contribution in [0.2, 0.25) is 20.1 Å². The number of carbonyl (C=O) groups is 5. The number of methoxy groups -OCH3 is 4. The maximum atomic E-state index is 13.6. The van der Waals surface area contributed by atoms with Crippen LogP contribution in [-0.2, 0) is 46.3 Å². The number of carbonyl (C=O) groups excluding carboxylic acids is 4. The minimum Gasteiger partial charge on any atom is -0.497 e. The molecule has 1 amide bonds. The predicted molar refractivity (Wildman–Crippen MR) is 485 cm³/mol. The van der Waals surface area contributed by atoms with Crippen molar-refractivity contribution < 1.29 is 76.4 Å². The SMILES string of the molecule is CCOC(=O)CC(=O)c1ccc(Br)cc1Cl.CCOC(=O)c1cnn(C2CCOC2)c1-c1ccc(Br)cc1Cl.COc1ccc(CNC(=O)c2cnn(C3CCOC3)c2-c2ccc(Br)cc2Cl)c(OC)c1.COc1ccc(Cn2c(=O)c3cnn(C4CCOC4)c3c3ccc(Br)cc32)c(OC)c1.O=C(O)c1cnn(C2CCOC2)c1-c1ccc(Br)cc1Cl. The number of pyridine rings is 1. The molecule has 7 aromatic carbocycles. The lowest BCUT2D eigenvalue weighted by Gasteiger charge is -2.17. The molecule has 4 aliphatic heterocycles. The summed E-state index contributed by atoms with van der Waals surface area (Å²) in [4.78, 5) is 73.4. The van der Waals surface area contributed by atoms with Crippen molar-refractivity contribution in [3.05, 3.63) is 238 Å². The van der Waals surface area contributed by atoms with E-state index in [0.29, 0.717) is 154 Å². The van der Waals surface area contributed by atoms with Gasteiger partial charge in [0.2, 0.25) is 0 Å². The van der Waals surface area contributed by atoms with Gasteiger partial charge in [0.15, 0.2) is 5.78 Å². The van der Waals surface area contributed by atoms with Crippen molar-refractivity contribution in [1.29, 1.82) is 0 Å². The zero-order chi connectivity index (χ0) is 87.7. The Morgan fingerprint density at radius 3 is 1.35 bits per heavy atom. The second-order valence-electron chi connectivity index (χ2n) is 28.0. The number of hydrogen-bond donors (Lipinski definition) is 2. The van der Waals surface area contributed by atoms with Gasteiger partial charge in [-0.1, -0.05) is 144 Å². The number of nitrogens with zero attached hydrogens (tertiary/aromatic N) is 9. The third-order valence-corrected chi connectivity index (χ3v) is 24.0. The lowest BCUT2D eigenvalue weighted by atomic mass is 10.1. The monoisotopic (exact) mass is 2070 g/mol. The Morgan fingerprint density at radius 2 is 0.894 bits per heavy atom. The van der Waals surface area contributed by atoms with Crippen LogP contribution < -0.4 is 29.8 Å². The molecule has 4 atom stereocenters. The van der Waals surface area contributed by atoms with Crippen molar-refractivity contribution in [3.8, 4) is 56.8 Å². The van der Waals surface area contributed by atoms with Crippen LogP contribution in [0.15, 0.2) is 179 Å². The molecule has 36 heteroatoms. The van der Waals surface area contributed by atoms with E-state index in [4.69, 9.17) is 89.0 Å². The van der Waals surface area contributed by atoms with Gasteiger partial charge in [-0.2, -0.15) is 20.4 Å². The highest BCUT2D eigenvalue weighted by atomic mass is 79.9. The van der Waals surface area contributed by atoms with Crippen LogP contribution in [0.3, 0.4) is 0 Å². The Kier molecular flexibility index (Phi) is 33.1. The van der Waals surface area contributed by atoms with Gasteiger partial charge in [0.1, 0.15) is 40.5 Å². The molecular formula is C87H83Br5Cl4N10O17. The van der Waals surface area contributed by atoms with Crippen LogP contribution in [0.25, 0.3) is 55.6 Å². The van der Waals surface area contributed by atoms with Gasteiger partial charge in [-0.15, -0.1) is 0 Å². The lowest BCUT2D eigenvalue weighted by molar-refractivity contribution is -0.142. The highest BCUT2D eigenvalue weighted by Crippen LogP contribution is 2.41. The minimum atomic E-state index is -1.02. The van der Waals surface area contributed by atoms with Crippen LogP contribution in [0.5, 0.6) is 23.0 Å². The van der Waals surface area contributed by atoms with Crippen molar-refractivity contribution in [2.75, 3.05) is 94.5 Å². The van der Waals surface area contributed by atoms with Gasteiger partial charge in [0, 0.05) is 106 Å². The molecule has 0 bridgehead atoms. The minimum absolute atomic E-state index is 0.0350. The summed E-state index contributed by atoms with van der Waals surface area (Å²) >= 11 is 42.1. The first kappa shape index (κ1) is 93.2. The smallest absolute Gasteiger partial charge is 0.341 e. The van der Waals surface area contributed by atoms with Gasteiger partial charge in [-0.3, -0.25) is 37.9 Å². The number of carboxylic acids is 1. The first-order valence-electron chi connectivity index (χ1n) is 38.7. The van der Waals surface area contributed by atoms with Crippen molar-refractivity contribution in [3.63, 3.8) is 0 Å². The summed E-state index contributed by atoms with van der Waals surface area (Å²) in [5, 5.41) is 33.6. The van der Waals surface area contributed by atoms with E-state index >= 15 is 0 Å². The molecule has 123 heavy (non-hydrogen) atoms. The second-order valence-corrected chi connectivity index (χ2v) is 34.2. The van der Waals surface area contributed by atoms with Crippen molar-refractivity contribution in [2.24, 2.45) is 0 Å². The maximum absolute atomic E-state index is 13.6. The number of ether oxygens (including phenoxy) is 10. The van der Waals surface area contributed by atoms with E-state index in [1.165, 1.54) is 6.20 Å². The number of benzene rings is 7. The second kappa shape index (κ2) is 43.7. The average Bonchev–Trinajstić information content (AvgIpc) is 1.64. The van der Waals surface area contributed by atoms with Crippen LogP contribution >= 0.6 is 126 Å². The van der Waals surface area contributed by atoms with E-state index in [0.717, 1.165) is 86.7 Å². The van der Waals surface area contributed by atoms with Gasteiger partial charge in [0.25, 0.3) is 11.5 Å². The summed E-state index contributed by atoms with van der Waals surface area (Å²) in [7, 11) is 6.41. The highest BCUT2D eigenvalue weighted by Gasteiger charge is 2.33. The van der Waals surface area contributed by atoms with Gasteiger partial charge in [-0.05, 0) is 137 Å². The fraction of sp³-hybridized carbons (Fsp3) is 0.310. The summed E-state index contributed by atoms with van der Waals surface area (Å²) in [6, 6.07) is 38.8. The number of esters is 2. The Bertz CT molecular complexity index is 5900. The summed E-state index contributed by atoms with van der Waals surface area (Å²) in [5.41, 5.74) is 8.72. The van der Waals surface area contributed by atoms with Gasteiger partial charge < -0.3 is 62.4 Å². The fourth-order valence-electron chi connectivity index (χ4n) is 14.3. The Balaban J connectivity index is 0.000000143. The van der Waals surface area contributed by atoms with E-state index in [1.54, 1.807) is 113 Å². The number of Topliss-reactive ketones (excluding diaryl/α,β-unsaturated/α-hetero) is 1. The molecule has 4 unspecified atom stereocenters. The largest absolute Gasteiger partial charge is 0.497 e. The van der Waals surface area contributed by atoms with E-state index in [9.17, 15) is 33.9 Å². The molecule has 2 N–H and O–H groups in total. The Morgan fingerprint density at radius 1 is 0.472 bits per heavy atom. The number of halogens is 9. The number of ketones is 1. The Labute approximate surface area is 769 Å². The molecule has 16 rings (SSSR count). The normalized spacial score (nSPS) is 15.8. The third kappa shape index (κ3) is 22.5. The molecular weight excluding hydrogens is 2000 g/mol. The summed E-state index contributed by atoms with van der Waals surface area (Å²) in [6.07, 6.45) is 9.28. The van der Waals surface area contributed by atoms with Crippen molar-refractivity contribution in [1.82, 2.24) is 49.0 Å². The summed E-state index contributed by atoms with van der Waals surface area (Å²) in [6.45, 7) is 9.68. The molecule has 5 aromatic heterocycles. The number of fused-ring (bicyclic) bond motifs is 3. The van der Waals surface area contributed by atoms with Crippen molar-refractivity contribution >= 4 is 177 Å². The zero-order valence-corrected chi connectivity index (χ0v) is 78.1. The predicted octanol–water partition coefficient (Wildman–Crippen LogP) is 20.0. The molecule has 0 aliphatic carbocycles. The third-order valence-electron chi connectivity index (χ3n) is 20.3. The lowest BCUT2D eigenvalue weighted by Crippen LogP contribution is -2.24. The van der Waals surface area contributed by atoms with Crippen LogP contribution in [0, 0.1) is 0 Å². The molecule has 9 heterocycles. The van der Waals surface area contributed by atoms with Gasteiger partial charge in [-0.25, -0.2) is 9.59 Å². The number of aromatic nitrogens is 9. The molecule has 27 nitrogen and oxygen atoms in total. The quantitative estimate of drug-likeness (QED) is 0.0341. The van der Waals surface area contributed by atoms with E-state index in [2.05, 4.69) is 110 Å². The van der Waals surface area contributed by atoms with Crippen LogP contribution in [0.1, 0.15) is 123 Å². The first-order chi connectivity index (χ1) is 59.3. The molecule has 4 aliphatic rings. The average molecular weight is 2080 g/mol. The van der Waals surface area contributed by atoms with E-state index in [-0.39, 0.29) is 66.6 Å². The number of carboxylic acid groups (broad SMARTS) is 1. The molecule has 0 saturated carbocycles. The molecule has 0 radical (unpaired) electrons. The number of rotatable bonds is 23. The van der Waals surface area contributed by atoms with Gasteiger partial charge in [0.05, 0.1) is 183 Å². The molecule has 646 valence electrons. The van der Waals surface area contributed by atoms with E-state index in [1.807, 2.05) is 99.0 Å². The topological polar surface area (TPSA) is 303 Å². The van der Waals surface area contributed by atoms with Crippen LogP contribution in [0.4, 0.5) is 0 Å². The maximum Gasteiger partial charge on any atom is 0.341 e. The zero-order valence-electron chi connectivity index (χ0n) is 67.2. The summed E-state index contributed by atoms with van der Waals surface area (Å²) in [5.74, 6) is 0.165. The Hall–Kier alpha value is -9.00. The molecule has 4 saturated heterocycles. The van der Waals surface area contributed by atoms with E-state index < -0.39 is 17.9 Å². The van der Waals surface area contributed by atoms with Crippen LogP contribution in [-0.4, -0.2) is 173 Å². The molecule has 4 fully saturated rings. The van der Waals surface area contributed by atoms with Gasteiger partial charge >= 0.3 is 17.9 Å². The number of hydrogen-bond acceptors (Lipinski definition) is 20. The molecule has 0 spiro atoms. The number of nitrogens with one attached hydrogen (secondary N) is 1. The summed E-state index contributed by atoms with van der Waals surface area (Å²) < 4.78 is 66.7.